The number of nitrogens with one attached hydrogen (secondary N) is 2. The van der Waals surface area contributed by atoms with E-state index in [-0.39, 0.29) is 29.8 Å². The third kappa shape index (κ3) is 4.43. The van der Waals surface area contributed by atoms with Crippen LogP contribution in [0.25, 0.3) is 0 Å². The van der Waals surface area contributed by atoms with E-state index >= 15 is 0 Å². The van der Waals surface area contributed by atoms with E-state index in [1.54, 1.807) is 23.4 Å². The van der Waals surface area contributed by atoms with Crippen molar-refractivity contribution in [3.8, 4) is 0 Å². The van der Waals surface area contributed by atoms with Gasteiger partial charge in [-0.15, -0.1) is 0 Å². The van der Waals surface area contributed by atoms with E-state index in [1.807, 2.05) is 12.1 Å². The molecule has 0 aliphatic carbocycles. The van der Waals surface area contributed by atoms with Gasteiger partial charge in [0.15, 0.2) is 0 Å². The highest BCUT2D eigenvalue weighted by Crippen LogP contribution is 2.22. The Labute approximate surface area is 152 Å². The molecule has 0 radical (unpaired) electrons. The first-order chi connectivity index (χ1) is 12.6. The van der Waals surface area contributed by atoms with Gasteiger partial charge in [-0.1, -0.05) is 6.07 Å². The third-order valence-corrected chi connectivity index (χ3v) is 5.65. The number of sulfonamides is 1. The Morgan fingerprint density at radius 2 is 2.00 bits per heavy atom. The molecule has 2 aromatic rings. The molecule has 0 saturated carbocycles. The zero-order valence-electron chi connectivity index (χ0n) is 14.2. The number of hydrogen-bond acceptors (Lipinski definition) is 6. The topological polar surface area (TPSA) is 104 Å². The summed E-state index contributed by atoms with van der Waals surface area (Å²) < 4.78 is 26.8. The van der Waals surface area contributed by atoms with Gasteiger partial charge in [0.1, 0.15) is 4.90 Å². The van der Waals surface area contributed by atoms with Gasteiger partial charge in [-0.05, 0) is 23.8 Å². The van der Waals surface area contributed by atoms with E-state index in [9.17, 15) is 13.2 Å². The van der Waals surface area contributed by atoms with Crippen molar-refractivity contribution in [2.75, 3.05) is 26.2 Å². The summed E-state index contributed by atoms with van der Waals surface area (Å²) in [6.45, 7) is 1.98. The highest BCUT2D eigenvalue weighted by atomic mass is 32.2. The summed E-state index contributed by atoms with van der Waals surface area (Å²) in [5.41, 5.74) is 0.962. The van der Waals surface area contributed by atoms with Crippen molar-refractivity contribution in [1.82, 2.24) is 24.9 Å². The molecule has 1 aliphatic heterocycles. The van der Waals surface area contributed by atoms with Crippen molar-refractivity contribution >= 4 is 15.9 Å². The molecule has 3 heterocycles. The third-order valence-electron chi connectivity index (χ3n) is 4.21. The van der Waals surface area contributed by atoms with Crippen molar-refractivity contribution in [1.29, 1.82) is 0 Å². The second-order valence-electron chi connectivity index (χ2n) is 5.93. The Morgan fingerprint density at radius 1 is 1.23 bits per heavy atom. The Balaban J connectivity index is 1.60. The lowest BCUT2D eigenvalue weighted by molar-refractivity contribution is -0.134. The first-order valence-corrected chi connectivity index (χ1v) is 9.86. The average molecular weight is 375 g/mol. The Bertz CT molecular complexity index is 830. The first-order valence-electron chi connectivity index (χ1n) is 8.38. The largest absolute Gasteiger partial charge is 0.333 e. The molecule has 8 nitrogen and oxygen atoms in total. The van der Waals surface area contributed by atoms with Crippen molar-refractivity contribution < 1.29 is 13.2 Å². The molecule has 0 aromatic carbocycles. The number of carbonyl (C=O) groups excluding carboxylic acids is 1. The molecule has 1 amide bonds. The molecule has 1 fully saturated rings. The molecule has 9 heteroatoms. The van der Waals surface area contributed by atoms with Crippen LogP contribution in [0, 0.1) is 0 Å². The Morgan fingerprint density at radius 3 is 2.69 bits per heavy atom. The lowest BCUT2D eigenvalue weighted by Gasteiger charge is -2.36. The lowest BCUT2D eigenvalue weighted by atomic mass is 10.0. The summed E-state index contributed by atoms with van der Waals surface area (Å²) in [5.74, 6) is -0.0887. The second-order valence-corrected chi connectivity index (χ2v) is 7.70. The van der Waals surface area contributed by atoms with Crippen LogP contribution in [-0.2, 0) is 14.8 Å². The van der Waals surface area contributed by atoms with Gasteiger partial charge in [0, 0.05) is 57.4 Å². The molecule has 0 bridgehead atoms. The molecule has 3 rings (SSSR count). The smallest absolute Gasteiger partial charge is 0.242 e. The van der Waals surface area contributed by atoms with E-state index in [1.165, 1.54) is 18.5 Å². The SMILES string of the molecule is O=C(CCNS(=O)(=O)c1cccnc1)N1CCNCC1c1cccnc1. The molecule has 2 aromatic heterocycles. The lowest BCUT2D eigenvalue weighted by Crippen LogP contribution is -2.49. The van der Waals surface area contributed by atoms with E-state index in [2.05, 4.69) is 20.0 Å². The van der Waals surface area contributed by atoms with Crippen molar-refractivity contribution in [2.45, 2.75) is 17.4 Å². The number of rotatable bonds is 6. The van der Waals surface area contributed by atoms with E-state index in [0.717, 1.165) is 5.56 Å². The minimum Gasteiger partial charge on any atom is -0.333 e. The summed E-state index contributed by atoms with van der Waals surface area (Å²) in [6.07, 6.45) is 6.32. The number of carbonyl (C=O) groups is 1. The van der Waals surface area contributed by atoms with Crippen LogP contribution in [0.2, 0.25) is 0 Å². The van der Waals surface area contributed by atoms with Crippen LogP contribution in [0.3, 0.4) is 0 Å². The Hall–Kier alpha value is -2.36. The monoisotopic (exact) mass is 375 g/mol. The van der Waals surface area contributed by atoms with Crippen LogP contribution in [0.1, 0.15) is 18.0 Å². The van der Waals surface area contributed by atoms with Gasteiger partial charge < -0.3 is 10.2 Å². The number of hydrogen-bond donors (Lipinski definition) is 2. The van der Waals surface area contributed by atoms with Crippen molar-refractivity contribution in [2.24, 2.45) is 0 Å². The predicted octanol–water partition coefficient (Wildman–Crippen LogP) is 0.318. The summed E-state index contributed by atoms with van der Waals surface area (Å²) in [5, 5.41) is 3.28. The molecule has 1 unspecified atom stereocenters. The summed E-state index contributed by atoms with van der Waals surface area (Å²) >= 11 is 0. The zero-order valence-corrected chi connectivity index (χ0v) is 15.0. The maximum atomic E-state index is 12.6. The molecule has 1 aliphatic rings. The average Bonchev–Trinajstić information content (AvgIpc) is 2.69. The zero-order chi connectivity index (χ0) is 18.4. The molecular formula is C17H21N5O3S. The fraction of sp³-hybridized carbons (Fsp3) is 0.353. The van der Waals surface area contributed by atoms with Crippen LogP contribution in [0.4, 0.5) is 0 Å². The number of nitrogens with zero attached hydrogens (tertiary/aromatic N) is 3. The van der Waals surface area contributed by atoms with Crippen LogP contribution >= 0.6 is 0 Å². The van der Waals surface area contributed by atoms with E-state index in [0.29, 0.717) is 19.6 Å². The first kappa shape index (κ1) is 18.4. The minimum absolute atomic E-state index is 0.0414. The highest BCUT2D eigenvalue weighted by molar-refractivity contribution is 7.89. The Kier molecular flexibility index (Phi) is 5.92. The van der Waals surface area contributed by atoms with Gasteiger partial charge >= 0.3 is 0 Å². The van der Waals surface area contributed by atoms with Gasteiger partial charge in [-0.25, -0.2) is 13.1 Å². The minimum atomic E-state index is -3.66. The maximum Gasteiger partial charge on any atom is 0.242 e. The quantitative estimate of drug-likeness (QED) is 0.753. The molecule has 26 heavy (non-hydrogen) atoms. The second kappa shape index (κ2) is 8.35. The summed E-state index contributed by atoms with van der Waals surface area (Å²) in [4.78, 5) is 22.4. The van der Waals surface area contributed by atoms with Crippen molar-refractivity contribution in [3.63, 3.8) is 0 Å². The number of piperazine rings is 1. The fourth-order valence-corrected chi connectivity index (χ4v) is 3.89. The van der Waals surface area contributed by atoms with Crippen LogP contribution < -0.4 is 10.0 Å². The van der Waals surface area contributed by atoms with Gasteiger partial charge in [0.2, 0.25) is 15.9 Å². The molecular weight excluding hydrogens is 354 g/mol. The van der Waals surface area contributed by atoms with Gasteiger partial charge in [0.05, 0.1) is 6.04 Å². The molecule has 138 valence electrons. The molecule has 0 spiro atoms. The van der Waals surface area contributed by atoms with Gasteiger partial charge in [-0.3, -0.25) is 14.8 Å². The number of aromatic nitrogens is 2. The number of pyridine rings is 2. The van der Waals surface area contributed by atoms with Gasteiger partial charge in [0.25, 0.3) is 0 Å². The fourth-order valence-electron chi connectivity index (χ4n) is 2.90. The summed E-state index contributed by atoms with van der Waals surface area (Å²) in [6, 6.07) is 6.70. The standard InChI is InChI=1S/C17H21N5O3S/c23-17(5-8-21-26(24,25)15-4-2-7-19-12-15)22-10-9-20-13-16(22)14-3-1-6-18-11-14/h1-4,6-7,11-12,16,20-21H,5,8-10,13H2. The molecule has 1 atom stereocenters. The predicted molar refractivity (Wildman–Crippen MR) is 95.6 cm³/mol. The van der Waals surface area contributed by atoms with Crippen LogP contribution in [0.5, 0.6) is 0 Å². The number of amides is 1. The van der Waals surface area contributed by atoms with Crippen molar-refractivity contribution in [3.05, 3.63) is 54.6 Å². The van der Waals surface area contributed by atoms with Gasteiger partial charge in [-0.2, -0.15) is 0 Å². The van der Waals surface area contributed by atoms with Crippen LogP contribution in [-0.4, -0.2) is 55.4 Å². The van der Waals surface area contributed by atoms with E-state index < -0.39 is 10.0 Å². The van der Waals surface area contributed by atoms with E-state index in [4.69, 9.17) is 0 Å². The molecule has 2 N–H and O–H groups in total. The normalized spacial score (nSPS) is 17.8. The maximum absolute atomic E-state index is 12.6. The highest BCUT2D eigenvalue weighted by Gasteiger charge is 2.27. The van der Waals surface area contributed by atoms with Crippen LogP contribution in [0.15, 0.2) is 53.9 Å². The molecule has 1 saturated heterocycles. The summed E-state index contributed by atoms with van der Waals surface area (Å²) in [7, 11) is -3.66.